The van der Waals surface area contributed by atoms with Crippen molar-refractivity contribution in [1.29, 1.82) is 0 Å². The van der Waals surface area contributed by atoms with Crippen molar-refractivity contribution in [1.82, 2.24) is 10.3 Å². The van der Waals surface area contributed by atoms with Crippen molar-refractivity contribution in [2.45, 2.75) is 11.8 Å². The second kappa shape index (κ2) is 17.1. The van der Waals surface area contributed by atoms with E-state index in [2.05, 4.69) is 20.9 Å². The Labute approximate surface area is 304 Å². The Morgan fingerprint density at radius 3 is 2.18 bits per heavy atom. The summed E-state index contributed by atoms with van der Waals surface area (Å²) in [4.78, 5) is 44.9. The van der Waals surface area contributed by atoms with Crippen LogP contribution in [0.4, 0.5) is 10.8 Å². The Morgan fingerprint density at radius 1 is 0.765 bits per heavy atom. The minimum absolute atomic E-state index is 0.0850. The molecule has 0 bridgehead atoms. The molecule has 0 fully saturated rings. The quantitative estimate of drug-likeness (QED) is 0.0816. The molecule has 0 saturated carbocycles. The molecule has 0 radical (unpaired) electrons. The maximum Gasteiger partial charge on any atom is 0.272 e. The van der Waals surface area contributed by atoms with E-state index in [0.717, 1.165) is 38.6 Å². The summed E-state index contributed by atoms with van der Waals surface area (Å²) in [5.74, 6) is -0.151. The van der Waals surface area contributed by atoms with E-state index in [-0.39, 0.29) is 17.4 Å². The molecule has 0 aliphatic heterocycles. The Balaban J connectivity index is 1.10. The summed E-state index contributed by atoms with van der Waals surface area (Å²) < 4.78 is 5.51. The molecule has 0 unspecified atom stereocenters. The highest BCUT2D eigenvalue weighted by molar-refractivity contribution is 8.00. The number of aromatic nitrogens is 1. The van der Waals surface area contributed by atoms with Crippen LogP contribution in [-0.4, -0.2) is 35.1 Å². The lowest BCUT2D eigenvalue weighted by Gasteiger charge is -2.12. The summed E-state index contributed by atoms with van der Waals surface area (Å²) in [6.45, 7) is 2.54. The Bertz CT molecular complexity index is 2130. The summed E-state index contributed by atoms with van der Waals surface area (Å²) in [5, 5.41) is 11.0. The van der Waals surface area contributed by atoms with Gasteiger partial charge in [0.25, 0.3) is 11.8 Å². The SMILES string of the molecule is CCOc1ccc(-c2csc(NC(=O)CSc3cccc(NC(=O)/C(=C\c4ccc(-c5ccccc5)cc4)NC(=O)c4ccccc4)c3)n2)cc1. The van der Waals surface area contributed by atoms with Gasteiger partial charge in [-0.05, 0) is 84.3 Å². The third-order valence-electron chi connectivity index (χ3n) is 7.53. The van der Waals surface area contributed by atoms with Gasteiger partial charge in [0.05, 0.1) is 18.1 Å². The largest absolute Gasteiger partial charge is 0.494 e. The maximum absolute atomic E-state index is 13.6. The first-order valence-corrected chi connectivity index (χ1v) is 18.1. The lowest BCUT2D eigenvalue weighted by Crippen LogP contribution is -2.30. The molecule has 254 valence electrons. The number of nitrogens with zero attached hydrogens (tertiary/aromatic N) is 1. The van der Waals surface area contributed by atoms with E-state index in [0.29, 0.717) is 23.0 Å². The average molecular weight is 711 g/mol. The van der Waals surface area contributed by atoms with E-state index in [1.54, 1.807) is 48.5 Å². The summed E-state index contributed by atoms with van der Waals surface area (Å²) in [6, 6.07) is 41.3. The summed E-state index contributed by atoms with van der Waals surface area (Å²) in [5.41, 5.74) is 5.60. The van der Waals surface area contributed by atoms with Gasteiger partial charge in [-0.3, -0.25) is 14.4 Å². The smallest absolute Gasteiger partial charge is 0.272 e. The van der Waals surface area contributed by atoms with Gasteiger partial charge < -0.3 is 20.7 Å². The van der Waals surface area contributed by atoms with E-state index in [1.807, 2.05) is 103 Å². The predicted molar refractivity (Wildman–Crippen MR) is 207 cm³/mol. The molecule has 0 aliphatic carbocycles. The molecule has 8 nitrogen and oxygen atoms in total. The van der Waals surface area contributed by atoms with E-state index >= 15 is 0 Å². The van der Waals surface area contributed by atoms with Crippen molar-refractivity contribution < 1.29 is 19.1 Å². The first kappa shape index (κ1) is 34.9. The molecular formula is C41H34N4O4S2. The van der Waals surface area contributed by atoms with Crippen LogP contribution in [0.3, 0.4) is 0 Å². The van der Waals surface area contributed by atoms with Crippen LogP contribution in [0.25, 0.3) is 28.5 Å². The maximum atomic E-state index is 13.6. The van der Waals surface area contributed by atoms with Crippen LogP contribution in [0.15, 0.2) is 149 Å². The fraction of sp³-hybridized carbons (Fsp3) is 0.0732. The number of rotatable bonds is 13. The lowest BCUT2D eigenvalue weighted by atomic mass is 10.0. The van der Waals surface area contributed by atoms with Gasteiger partial charge in [0, 0.05) is 27.1 Å². The molecule has 6 rings (SSSR count). The molecular weight excluding hydrogens is 677 g/mol. The van der Waals surface area contributed by atoms with Crippen LogP contribution in [-0.2, 0) is 9.59 Å². The first-order chi connectivity index (χ1) is 24.9. The molecule has 5 aromatic carbocycles. The number of hydrogen-bond donors (Lipinski definition) is 3. The molecule has 0 spiro atoms. The molecule has 0 saturated heterocycles. The van der Waals surface area contributed by atoms with Gasteiger partial charge in [0.2, 0.25) is 5.91 Å². The van der Waals surface area contributed by atoms with Crippen molar-refractivity contribution in [3.05, 3.63) is 156 Å². The number of amides is 3. The molecule has 10 heteroatoms. The summed E-state index contributed by atoms with van der Waals surface area (Å²) in [6.07, 6.45) is 1.65. The van der Waals surface area contributed by atoms with Gasteiger partial charge in [-0.15, -0.1) is 23.1 Å². The molecule has 1 aromatic heterocycles. The molecule has 3 amide bonds. The molecule has 0 atom stereocenters. The summed E-state index contributed by atoms with van der Waals surface area (Å²) >= 11 is 2.69. The number of hydrogen-bond acceptors (Lipinski definition) is 7. The van der Waals surface area contributed by atoms with Crippen molar-refractivity contribution in [3.63, 3.8) is 0 Å². The number of anilines is 2. The average Bonchev–Trinajstić information content (AvgIpc) is 3.63. The highest BCUT2D eigenvalue weighted by Crippen LogP contribution is 2.28. The predicted octanol–water partition coefficient (Wildman–Crippen LogP) is 9.02. The van der Waals surface area contributed by atoms with Crippen molar-refractivity contribution >= 4 is 57.7 Å². The summed E-state index contributed by atoms with van der Waals surface area (Å²) in [7, 11) is 0. The highest BCUT2D eigenvalue weighted by Gasteiger charge is 2.16. The topological polar surface area (TPSA) is 109 Å². The van der Waals surface area contributed by atoms with Crippen LogP contribution >= 0.6 is 23.1 Å². The van der Waals surface area contributed by atoms with E-state index in [1.165, 1.54) is 23.1 Å². The van der Waals surface area contributed by atoms with E-state index in [9.17, 15) is 14.4 Å². The standard InChI is InChI=1S/C41H34N4O4S2/c1-2-49-34-22-20-31(21-23-34)37-26-51-41(44-37)45-38(46)27-50-35-15-9-14-33(25-35)42-40(48)36(43-39(47)32-12-7-4-8-13-32)24-28-16-18-30(19-17-28)29-10-5-3-6-11-29/h3-26H,2,27H2,1H3,(H,42,48)(H,43,47)(H,44,45,46)/b36-24+. The first-order valence-electron chi connectivity index (χ1n) is 16.2. The second-order valence-electron chi connectivity index (χ2n) is 11.2. The Morgan fingerprint density at radius 2 is 1.45 bits per heavy atom. The van der Waals surface area contributed by atoms with Crippen LogP contribution in [0.2, 0.25) is 0 Å². The monoisotopic (exact) mass is 710 g/mol. The third kappa shape index (κ3) is 9.81. The number of carbonyl (C=O) groups excluding carboxylic acids is 3. The van der Waals surface area contributed by atoms with Gasteiger partial charge in [-0.1, -0.05) is 78.9 Å². The highest BCUT2D eigenvalue weighted by atomic mass is 32.2. The normalized spacial score (nSPS) is 11.0. The number of thioether (sulfide) groups is 1. The molecule has 1 heterocycles. The number of benzene rings is 5. The van der Waals surface area contributed by atoms with Gasteiger partial charge in [0.15, 0.2) is 5.13 Å². The van der Waals surface area contributed by atoms with Gasteiger partial charge in [0.1, 0.15) is 11.4 Å². The van der Waals surface area contributed by atoms with Gasteiger partial charge >= 0.3 is 0 Å². The van der Waals surface area contributed by atoms with E-state index < -0.39 is 11.8 Å². The van der Waals surface area contributed by atoms with Crippen LogP contribution in [0, 0.1) is 0 Å². The third-order valence-corrected chi connectivity index (χ3v) is 9.28. The zero-order valence-electron chi connectivity index (χ0n) is 27.7. The molecule has 3 N–H and O–H groups in total. The number of nitrogens with one attached hydrogen (secondary N) is 3. The van der Waals surface area contributed by atoms with Crippen LogP contribution in [0.1, 0.15) is 22.8 Å². The molecule has 6 aromatic rings. The van der Waals surface area contributed by atoms with Crippen molar-refractivity contribution in [2.75, 3.05) is 23.0 Å². The minimum atomic E-state index is -0.488. The number of thiazole rings is 1. The number of ether oxygens (including phenoxy) is 1. The van der Waals surface area contributed by atoms with E-state index in [4.69, 9.17) is 4.74 Å². The molecule has 0 aliphatic rings. The fourth-order valence-electron chi connectivity index (χ4n) is 5.03. The minimum Gasteiger partial charge on any atom is -0.494 e. The van der Waals surface area contributed by atoms with Crippen molar-refractivity contribution in [3.8, 4) is 28.1 Å². The van der Waals surface area contributed by atoms with Crippen LogP contribution < -0.4 is 20.7 Å². The lowest BCUT2D eigenvalue weighted by molar-refractivity contribution is -0.114. The fourth-order valence-corrected chi connectivity index (χ4v) is 6.52. The van der Waals surface area contributed by atoms with Crippen molar-refractivity contribution in [2.24, 2.45) is 0 Å². The zero-order valence-corrected chi connectivity index (χ0v) is 29.3. The van der Waals surface area contributed by atoms with Gasteiger partial charge in [-0.25, -0.2) is 4.98 Å². The Hall–Kier alpha value is -5.97. The second-order valence-corrected chi connectivity index (χ2v) is 13.1. The molecule has 51 heavy (non-hydrogen) atoms. The zero-order chi connectivity index (χ0) is 35.4. The Kier molecular flexibility index (Phi) is 11.7. The van der Waals surface area contributed by atoms with Crippen LogP contribution in [0.5, 0.6) is 5.75 Å². The van der Waals surface area contributed by atoms with Gasteiger partial charge in [-0.2, -0.15) is 0 Å². The number of carbonyl (C=O) groups is 3.